The fourth-order valence-corrected chi connectivity index (χ4v) is 6.52. The summed E-state index contributed by atoms with van der Waals surface area (Å²) in [6.45, 7) is 0.598. The number of hydrogen-bond donors (Lipinski definition) is 1. The van der Waals surface area contributed by atoms with Crippen molar-refractivity contribution in [1.82, 2.24) is 9.71 Å². The smallest absolute Gasteiger partial charge is 0.240 e. The van der Waals surface area contributed by atoms with Crippen LogP contribution in [0.25, 0.3) is 0 Å². The highest BCUT2D eigenvalue weighted by Crippen LogP contribution is 2.40. The van der Waals surface area contributed by atoms with Gasteiger partial charge in [-0.15, -0.1) is 0 Å². The quantitative estimate of drug-likeness (QED) is 0.242. The third kappa shape index (κ3) is 6.25. The second-order valence-corrected chi connectivity index (χ2v) is 11.9. The van der Waals surface area contributed by atoms with Crippen molar-refractivity contribution in [3.05, 3.63) is 112 Å². The van der Waals surface area contributed by atoms with Crippen LogP contribution in [0.2, 0.25) is 15.1 Å². The Kier molecular flexibility index (Phi) is 8.12. The molecule has 1 aliphatic rings. The number of ether oxygens (including phenoxy) is 1. The molecule has 1 aromatic heterocycles. The van der Waals surface area contributed by atoms with Gasteiger partial charge in [-0.05, 0) is 85.1 Å². The molecule has 1 unspecified atom stereocenters. The molecule has 1 saturated heterocycles. The standard InChI is InChI=1S/C28H24Cl3N3O3S/c29-20-3-1-19(2-4-20)28-18-22(13-16-34(28)27-10-5-21(30)17-26(27)31)33-38(35,36)25-8-6-23(7-9-25)37-24-11-14-32-15-12-24/h1-12,14-15,17,22,28,33H,13,16,18H2/t22?,28-/m0/s1. The molecular weight excluding hydrogens is 565 g/mol. The monoisotopic (exact) mass is 587 g/mol. The van der Waals surface area contributed by atoms with E-state index in [4.69, 9.17) is 39.5 Å². The summed E-state index contributed by atoms with van der Waals surface area (Å²) in [4.78, 5) is 6.32. The van der Waals surface area contributed by atoms with Gasteiger partial charge < -0.3 is 9.64 Å². The van der Waals surface area contributed by atoms with Crippen LogP contribution in [0.15, 0.2) is 96.2 Å². The van der Waals surface area contributed by atoms with Crippen molar-refractivity contribution in [2.45, 2.75) is 29.8 Å². The fourth-order valence-electron chi connectivity index (χ4n) is 4.59. The zero-order valence-corrected chi connectivity index (χ0v) is 23.2. The predicted octanol–water partition coefficient (Wildman–Crippen LogP) is 7.52. The Balaban J connectivity index is 1.34. The van der Waals surface area contributed by atoms with Gasteiger partial charge in [0, 0.05) is 35.0 Å². The molecule has 0 amide bonds. The van der Waals surface area contributed by atoms with Gasteiger partial charge in [-0.25, -0.2) is 13.1 Å². The van der Waals surface area contributed by atoms with Crippen LogP contribution >= 0.6 is 34.8 Å². The van der Waals surface area contributed by atoms with Crippen LogP contribution in [0, 0.1) is 0 Å². The third-order valence-corrected chi connectivity index (χ3v) is 8.74. The number of nitrogens with zero attached hydrogens (tertiary/aromatic N) is 2. The van der Waals surface area contributed by atoms with E-state index < -0.39 is 10.0 Å². The van der Waals surface area contributed by atoms with Gasteiger partial charge in [0.1, 0.15) is 11.5 Å². The second kappa shape index (κ2) is 11.5. The highest BCUT2D eigenvalue weighted by atomic mass is 35.5. The molecule has 1 fully saturated rings. The molecule has 3 aromatic carbocycles. The maximum absolute atomic E-state index is 13.3. The van der Waals surface area contributed by atoms with Crippen molar-refractivity contribution in [2.75, 3.05) is 11.4 Å². The molecule has 1 aliphatic heterocycles. The number of nitrogens with one attached hydrogen (secondary N) is 1. The molecule has 0 aliphatic carbocycles. The largest absolute Gasteiger partial charge is 0.457 e. The second-order valence-electron chi connectivity index (χ2n) is 8.96. The molecule has 1 N–H and O–H groups in total. The minimum absolute atomic E-state index is 0.122. The SMILES string of the molecule is O=S(=O)(NC1CCN(c2ccc(Cl)cc2Cl)[C@H](c2ccc(Cl)cc2)C1)c1ccc(Oc2ccncc2)cc1. The first-order chi connectivity index (χ1) is 18.3. The lowest BCUT2D eigenvalue weighted by atomic mass is 9.91. The highest BCUT2D eigenvalue weighted by Gasteiger charge is 2.33. The van der Waals surface area contributed by atoms with Crippen molar-refractivity contribution in [3.8, 4) is 11.5 Å². The Morgan fingerprint density at radius 3 is 2.18 bits per heavy atom. The predicted molar refractivity (Wildman–Crippen MR) is 152 cm³/mol. The average molecular weight is 589 g/mol. The average Bonchev–Trinajstić information content (AvgIpc) is 2.90. The van der Waals surface area contributed by atoms with Crippen LogP contribution < -0.4 is 14.4 Å². The minimum Gasteiger partial charge on any atom is -0.457 e. The van der Waals surface area contributed by atoms with Crippen LogP contribution in [0.1, 0.15) is 24.4 Å². The van der Waals surface area contributed by atoms with E-state index in [0.717, 1.165) is 11.3 Å². The first-order valence-corrected chi connectivity index (χ1v) is 14.6. The zero-order chi connectivity index (χ0) is 26.7. The van der Waals surface area contributed by atoms with Crippen LogP contribution in [0.4, 0.5) is 5.69 Å². The van der Waals surface area contributed by atoms with E-state index in [1.54, 1.807) is 48.8 Å². The van der Waals surface area contributed by atoms with Crippen LogP contribution in [-0.2, 0) is 10.0 Å². The molecule has 5 rings (SSSR count). The fraction of sp³-hybridized carbons (Fsp3) is 0.179. The van der Waals surface area contributed by atoms with Crippen molar-refractivity contribution in [2.24, 2.45) is 0 Å². The zero-order valence-electron chi connectivity index (χ0n) is 20.1. The van der Waals surface area contributed by atoms with Crippen molar-refractivity contribution in [1.29, 1.82) is 0 Å². The lowest BCUT2D eigenvalue weighted by Gasteiger charge is -2.42. The van der Waals surface area contributed by atoms with Gasteiger partial charge in [0.25, 0.3) is 0 Å². The van der Waals surface area contributed by atoms with Crippen LogP contribution in [-0.4, -0.2) is 26.0 Å². The summed E-state index contributed by atoms with van der Waals surface area (Å²) < 4.78 is 35.2. The Morgan fingerprint density at radius 1 is 0.842 bits per heavy atom. The maximum Gasteiger partial charge on any atom is 0.240 e. The number of halogens is 3. The summed E-state index contributed by atoms with van der Waals surface area (Å²) in [6.07, 6.45) is 4.40. The van der Waals surface area contributed by atoms with Gasteiger partial charge in [0.05, 0.1) is 21.6 Å². The summed E-state index contributed by atoms with van der Waals surface area (Å²) in [5, 5.41) is 1.74. The van der Waals surface area contributed by atoms with E-state index in [2.05, 4.69) is 14.6 Å². The number of piperidine rings is 1. The Bertz CT molecular complexity index is 1500. The lowest BCUT2D eigenvalue weighted by molar-refractivity contribution is 0.395. The molecule has 0 spiro atoms. The van der Waals surface area contributed by atoms with E-state index in [0.29, 0.717) is 46.0 Å². The molecule has 0 saturated carbocycles. The van der Waals surface area contributed by atoms with E-state index in [1.165, 1.54) is 12.1 Å². The van der Waals surface area contributed by atoms with Gasteiger partial charge in [0.2, 0.25) is 10.0 Å². The number of hydrogen-bond acceptors (Lipinski definition) is 5. The van der Waals surface area contributed by atoms with Gasteiger partial charge in [-0.3, -0.25) is 4.98 Å². The summed E-state index contributed by atoms with van der Waals surface area (Å²) in [7, 11) is -3.76. The number of pyridine rings is 1. The van der Waals surface area contributed by atoms with E-state index >= 15 is 0 Å². The summed E-state index contributed by atoms with van der Waals surface area (Å²) in [5.41, 5.74) is 1.86. The molecule has 6 nitrogen and oxygen atoms in total. The minimum atomic E-state index is -3.76. The highest BCUT2D eigenvalue weighted by molar-refractivity contribution is 7.89. The lowest BCUT2D eigenvalue weighted by Crippen LogP contribution is -2.46. The number of sulfonamides is 1. The molecular formula is C28H24Cl3N3O3S. The third-order valence-electron chi connectivity index (χ3n) is 6.42. The molecule has 38 heavy (non-hydrogen) atoms. The number of anilines is 1. The van der Waals surface area contributed by atoms with E-state index in [9.17, 15) is 8.42 Å². The molecule has 196 valence electrons. The molecule has 2 heterocycles. The number of benzene rings is 3. The Morgan fingerprint density at radius 2 is 1.50 bits per heavy atom. The molecule has 0 bridgehead atoms. The molecule has 0 radical (unpaired) electrons. The topological polar surface area (TPSA) is 71.5 Å². The first kappa shape index (κ1) is 26.8. The molecule has 2 atom stereocenters. The van der Waals surface area contributed by atoms with Gasteiger partial charge in [-0.1, -0.05) is 46.9 Å². The molecule has 10 heteroatoms. The molecule has 4 aromatic rings. The normalized spacial score (nSPS) is 17.8. The Labute approximate surface area is 237 Å². The van der Waals surface area contributed by atoms with Crippen LogP contribution in [0.5, 0.6) is 11.5 Å². The van der Waals surface area contributed by atoms with Crippen molar-refractivity contribution in [3.63, 3.8) is 0 Å². The Hall–Kier alpha value is -2.81. The summed E-state index contributed by atoms with van der Waals surface area (Å²) in [6, 6.07) is 22.4. The van der Waals surface area contributed by atoms with Crippen LogP contribution in [0.3, 0.4) is 0 Å². The summed E-state index contributed by atoms with van der Waals surface area (Å²) >= 11 is 18.8. The first-order valence-electron chi connectivity index (χ1n) is 12.0. The number of rotatable bonds is 7. The van der Waals surface area contributed by atoms with E-state index in [1.807, 2.05) is 30.3 Å². The van der Waals surface area contributed by atoms with Gasteiger partial charge in [-0.2, -0.15) is 0 Å². The number of aromatic nitrogens is 1. The van der Waals surface area contributed by atoms with E-state index in [-0.39, 0.29) is 17.0 Å². The maximum atomic E-state index is 13.3. The van der Waals surface area contributed by atoms with Gasteiger partial charge >= 0.3 is 0 Å². The summed E-state index contributed by atoms with van der Waals surface area (Å²) in [5.74, 6) is 1.15. The van der Waals surface area contributed by atoms with Crippen molar-refractivity contribution >= 4 is 50.5 Å². The van der Waals surface area contributed by atoms with Crippen molar-refractivity contribution < 1.29 is 13.2 Å². The van der Waals surface area contributed by atoms with Gasteiger partial charge in [0.15, 0.2) is 0 Å².